The molecule has 1 N–H and O–H groups in total. The zero-order chi connectivity index (χ0) is 14.7. The van der Waals surface area contributed by atoms with Crippen LogP contribution in [0.4, 0.5) is 11.6 Å². The molecule has 0 radical (unpaired) electrons. The Balaban J connectivity index is 2.23. The fourth-order valence-corrected chi connectivity index (χ4v) is 2.60. The summed E-state index contributed by atoms with van der Waals surface area (Å²) in [4.78, 5) is 24.3. The molecular weight excluding hydrogens is 254 g/mol. The van der Waals surface area contributed by atoms with Gasteiger partial charge in [-0.2, -0.15) is 0 Å². The van der Waals surface area contributed by atoms with Crippen molar-refractivity contribution < 1.29 is 4.79 Å². The lowest BCUT2D eigenvalue weighted by atomic mass is 10.0. The van der Waals surface area contributed by atoms with Crippen LogP contribution >= 0.6 is 0 Å². The summed E-state index contributed by atoms with van der Waals surface area (Å²) in [6.45, 7) is 9.07. The number of rotatable bonds is 3. The number of hydrogen-bond acceptors (Lipinski definition) is 5. The van der Waals surface area contributed by atoms with E-state index in [2.05, 4.69) is 34.0 Å². The number of carbonyl (C=O) groups excluding carboxylic acids is 1. The quantitative estimate of drug-likeness (QED) is 0.902. The van der Waals surface area contributed by atoms with Crippen LogP contribution in [0, 0.1) is 0 Å². The number of nitrogens with one attached hydrogen (secondary N) is 1. The summed E-state index contributed by atoms with van der Waals surface area (Å²) < 4.78 is 0. The van der Waals surface area contributed by atoms with Crippen LogP contribution in [0.3, 0.4) is 0 Å². The van der Waals surface area contributed by atoms with Crippen molar-refractivity contribution in [1.82, 2.24) is 14.9 Å². The van der Waals surface area contributed by atoms with E-state index < -0.39 is 0 Å². The van der Waals surface area contributed by atoms with Crippen molar-refractivity contribution in [3.63, 3.8) is 0 Å². The van der Waals surface area contributed by atoms with E-state index in [0.29, 0.717) is 5.92 Å². The van der Waals surface area contributed by atoms with Gasteiger partial charge in [-0.05, 0) is 5.92 Å². The lowest BCUT2D eigenvalue weighted by molar-refractivity contribution is -0.129. The maximum Gasteiger partial charge on any atom is 0.219 e. The predicted octanol–water partition coefficient (Wildman–Crippen LogP) is 1.31. The number of carbonyl (C=O) groups is 1. The van der Waals surface area contributed by atoms with Gasteiger partial charge in [-0.3, -0.25) is 4.79 Å². The van der Waals surface area contributed by atoms with Gasteiger partial charge in [0.05, 0.1) is 0 Å². The first kappa shape index (κ1) is 14.6. The minimum atomic E-state index is 0.146. The molecule has 1 aromatic rings. The van der Waals surface area contributed by atoms with Crippen molar-refractivity contribution in [2.45, 2.75) is 26.7 Å². The third-order valence-corrected chi connectivity index (χ3v) is 3.70. The van der Waals surface area contributed by atoms with Gasteiger partial charge in [0.2, 0.25) is 5.91 Å². The number of anilines is 2. The molecule has 0 saturated carbocycles. The highest BCUT2D eigenvalue weighted by molar-refractivity contribution is 5.73. The number of piperazine rings is 1. The van der Waals surface area contributed by atoms with E-state index in [1.54, 1.807) is 13.3 Å². The average molecular weight is 277 g/mol. The molecule has 110 valence electrons. The molecule has 6 heteroatoms. The smallest absolute Gasteiger partial charge is 0.219 e. The largest absolute Gasteiger partial charge is 0.373 e. The van der Waals surface area contributed by atoms with E-state index in [0.717, 1.165) is 43.4 Å². The van der Waals surface area contributed by atoms with Gasteiger partial charge in [0.1, 0.15) is 18.0 Å². The predicted molar refractivity (Wildman–Crippen MR) is 80.1 cm³/mol. The lowest BCUT2D eigenvalue weighted by Crippen LogP contribution is -2.48. The van der Waals surface area contributed by atoms with Gasteiger partial charge in [0.15, 0.2) is 0 Å². The summed E-state index contributed by atoms with van der Waals surface area (Å²) in [5, 5.41) is 3.14. The van der Waals surface area contributed by atoms with Crippen molar-refractivity contribution in [1.29, 1.82) is 0 Å². The molecular formula is C14H23N5O. The van der Waals surface area contributed by atoms with Crippen LogP contribution in [0.5, 0.6) is 0 Å². The molecule has 1 aliphatic heterocycles. The molecule has 1 aromatic heterocycles. The molecule has 20 heavy (non-hydrogen) atoms. The van der Waals surface area contributed by atoms with Gasteiger partial charge in [0.25, 0.3) is 0 Å². The molecule has 0 aromatic carbocycles. The first-order valence-electron chi connectivity index (χ1n) is 7.07. The summed E-state index contributed by atoms with van der Waals surface area (Å²) in [7, 11) is 1.88. The zero-order valence-electron chi connectivity index (χ0n) is 12.7. The maximum atomic E-state index is 11.4. The number of hydrogen-bond donors (Lipinski definition) is 1. The third kappa shape index (κ3) is 2.84. The average Bonchev–Trinajstić information content (AvgIpc) is 2.46. The summed E-state index contributed by atoms with van der Waals surface area (Å²) >= 11 is 0. The van der Waals surface area contributed by atoms with Crippen LogP contribution in [0.1, 0.15) is 32.3 Å². The molecule has 1 amide bonds. The van der Waals surface area contributed by atoms with Crippen molar-refractivity contribution in [2.24, 2.45) is 0 Å². The lowest BCUT2D eigenvalue weighted by Gasteiger charge is -2.36. The monoisotopic (exact) mass is 277 g/mol. The molecule has 0 bridgehead atoms. The molecule has 0 spiro atoms. The molecule has 0 unspecified atom stereocenters. The van der Waals surface area contributed by atoms with Gasteiger partial charge < -0.3 is 15.1 Å². The Morgan fingerprint density at radius 3 is 2.40 bits per heavy atom. The van der Waals surface area contributed by atoms with Crippen LogP contribution < -0.4 is 10.2 Å². The molecule has 1 aliphatic rings. The molecule has 1 fully saturated rings. The van der Waals surface area contributed by atoms with Crippen molar-refractivity contribution >= 4 is 17.5 Å². The zero-order valence-corrected chi connectivity index (χ0v) is 12.7. The molecule has 6 nitrogen and oxygen atoms in total. The molecule has 2 rings (SSSR count). The van der Waals surface area contributed by atoms with Crippen LogP contribution in [0.15, 0.2) is 6.33 Å². The van der Waals surface area contributed by atoms with Gasteiger partial charge in [-0.15, -0.1) is 0 Å². The van der Waals surface area contributed by atoms with E-state index in [1.165, 1.54) is 0 Å². The Hall–Kier alpha value is -1.85. The third-order valence-electron chi connectivity index (χ3n) is 3.70. The van der Waals surface area contributed by atoms with Crippen LogP contribution in [-0.2, 0) is 4.79 Å². The standard InChI is InChI=1S/C14H23N5O/c1-10(2)12-13(15-4)16-9-17-14(12)19-7-5-18(6-8-19)11(3)20/h9-10H,5-8H2,1-4H3,(H,15,16,17). The molecule has 1 saturated heterocycles. The number of nitrogens with zero attached hydrogens (tertiary/aromatic N) is 4. The van der Waals surface area contributed by atoms with Crippen molar-refractivity contribution in [3.8, 4) is 0 Å². The van der Waals surface area contributed by atoms with Crippen LogP contribution in [-0.4, -0.2) is 54.0 Å². The summed E-state index contributed by atoms with van der Waals surface area (Å²) in [5.41, 5.74) is 1.14. The Morgan fingerprint density at radius 2 is 1.90 bits per heavy atom. The SMILES string of the molecule is CNc1ncnc(N2CCN(C(C)=O)CC2)c1C(C)C. The van der Waals surface area contributed by atoms with Gasteiger partial charge in [-0.1, -0.05) is 13.8 Å². The topological polar surface area (TPSA) is 61.4 Å². The van der Waals surface area contributed by atoms with Gasteiger partial charge in [-0.25, -0.2) is 9.97 Å². The van der Waals surface area contributed by atoms with Gasteiger partial charge in [0, 0.05) is 45.7 Å². The summed E-state index contributed by atoms with van der Waals surface area (Å²) in [5.74, 6) is 2.37. The number of aromatic nitrogens is 2. The normalized spacial score (nSPS) is 15.7. The Morgan fingerprint density at radius 1 is 1.25 bits per heavy atom. The second kappa shape index (κ2) is 6.07. The van der Waals surface area contributed by atoms with Crippen molar-refractivity contribution in [3.05, 3.63) is 11.9 Å². The highest BCUT2D eigenvalue weighted by Crippen LogP contribution is 2.30. The fraction of sp³-hybridized carbons (Fsp3) is 0.643. The maximum absolute atomic E-state index is 11.4. The van der Waals surface area contributed by atoms with E-state index in [-0.39, 0.29) is 5.91 Å². The molecule has 0 aliphatic carbocycles. The Bertz CT molecular complexity index is 480. The Labute approximate surface area is 120 Å². The highest BCUT2D eigenvalue weighted by Gasteiger charge is 2.24. The highest BCUT2D eigenvalue weighted by atomic mass is 16.2. The Kier molecular flexibility index (Phi) is 4.42. The van der Waals surface area contributed by atoms with Crippen LogP contribution in [0.25, 0.3) is 0 Å². The molecule has 2 heterocycles. The summed E-state index contributed by atoms with van der Waals surface area (Å²) in [6, 6.07) is 0. The first-order chi connectivity index (χ1) is 9.54. The van der Waals surface area contributed by atoms with Gasteiger partial charge >= 0.3 is 0 Å². The van der Waals surface area contributed by atoms with E-state index in [9.17, 15) is 4.79 Å². The van der Waals surface area contributed by atoms with Crippen LogP contribution in [0.2, 0.25) is 0 Å². The summed E-state index contributed by atoms with van der Waals surface area (Å²) in [6.07, 6.45) is 1.60. The van der Waals surface area contributed by atoms with E-state index >= 15 is 0 Å². The minimum Gasteiger partial charge on any atom is -0.373 e. The first-order valence-corrected chi connectivity index (χ1v) is 7.07. The van der Waals surface area contributed by atoms with E-state index in [1.807, 2.05) is 11.9 Å². The fourth-order valence-electron chi connectivity index (χ4n) is 2.60. The second-order valence-electron chi connectivity index (χ2n) is 5.36. The number of amides is 1. The van der Waals surface area contributed by atoms with Crippen molar-refractivity contribution in [2.75, 3.05) is 43.4 Å². The second-order valence-corrected chi connectivity index (χ2v) is 5.36. The minimum absolute atomic E-state index is 0.146. The molecule has 0 atom stereocenters. The van der Waals surface area contributed by atoms with E-state index in [4.69, 9.17) is 0 Å².